The van der Waals surface area contributed by atoms with E-state index in [1.165, 1.54) is 38.2 Å². The first kappa shape index (κ1) is 17.5. The molecule has 0 radical (unpaired) electrons. The molecule has 1 aliphatic carbocycles. The predicted octanol–water partition coefficient (Wildman–Crippen LogP) is 5.74. The Kier molecular flexibility index (Phi) is 5.69. The van der Waals surface area contributed by atoms with Gasteiger partial charge in [-0.2, -0.15) is 0 Å². The van der Waals surface area contributed by atoms with Crippen molar-refractivity contribution in [1.82, 2.24) is 5.32 Å². The third-order valence-corrected chi connectivity index (χ3v) is 4.78. The second-order valence-corrected chi connectivity index (χ2v) is 6.58. The largest absolute Gasteiger partial charge is 0.371 e. The van der Waals surface area contributed by atoms with Crippen LogP contribution in [0.5, 0.6) is 0 Å². The number of hydrogen-bond acceptors (Lipinski definition) is 2. The fourth-order valence-electron chi connectivity index (χ4n) is 3.41. The van der Waals surface area contributed by atoms with Crippen molar-refractivity contribution >= 4 is 11.4 Å². The van der Waals surface area contributed by atoms with Gasteiger partial charge in [-0.1, -0.05) is 50.1 Å². The average Bonchev–Trinajstić information content (AvgIpc) is 2.65. The maximum atomic E-state index is 14.4. The van der Waals surface area contributed by atoms with Crippen molar-refractivity contribution in [2.24, 2.45) is 5.92 Å². The van der Waals surface area contributed by atoms with E-state index in [-0.39, 0.29) is 5.69 Å². The van der Waals surface area contributed by atoms with Gasteiger partial charge in [0, 0.05) is 12.2 Å². The molecule has 1 saturated carbocycles. The van der Waals surface area contributed by atoms with Crippen molar-refractivity contribution in [1.29, 1.82) is 0 Å². The van der Waals surface area contributed by atoms with E-state index >= 15 is 0 Å². The number of benzene rings is 2. The lowest BCUT2D eigenvalue weighted by Gasteiger charge is -2.30. The van der Waals surface area contributed by atoms with Crippen LogP contribution in [0.1, 0.15) is 32.1 Å². The minimum atomic E-state index is -0.869. The molecule has 0 heterocycles. The highest BCUT2D eigenvalue weighted by Crippen LogP contribution is 2.32. The summed E-state index contributed by atoms with van der Waals surface area (Å²) < 4.78 is 28.2. The van der Waals surface area contributed by atoms with Gasteiger partial charge in [0.05, 0.1) is 5.69 Å². The quantitative estimate of drug-likeness (QED) is 0.720. The third-order valence-electron chi connectivity index (χ3n) is 4.78. The molecule has 0 atom stereocenters. The lowest BCUT2D eigenvalue weighted by atomic mass is 9.89. The number of rotatable bonds is 6. The summed E-state index contributed by atoms with van der Waals surface area (Å²) in [6, 6.07) is 13.6. The zero-order valence-corrected chi connectivity index (χ0v) is 14.3. The Morgan fingerprint density at radius 3 is 2.44 bits per heavy atom. The van der Waals surface area contributed by atoms with Crippen LogP contribution in [0.4, 0.5) is 20.2 Å². The Hall–Kier alpha value is -2.36. The first-order valence-corrected chi connectivity index (χ1v) is 8.89. The smallest absolute Gasteiger partial charge is 0.182 e. The summed E-state index contributed by atoms with van der Waals surface area (Å²) in [5.41, 5.74) is 0.903. The van der Waals surface area contributed by atoms with Crippen LogP contribution in [0, 0.1) is 17.6 Å². The van der Waals surface area contributed by atoms with Gasteiger partial charge in [0.2, 0.25) is 0 Å². The fraction of sp³-hybridized carbons (Fsp3) is 0.333. The molecule has 0 amide bonds. The van der Waals surface area contributed by atoms with Crippen LogP contribution in [-0.2, 0) is 0 Å². The summed E-state index contributed by atoms with van der Waals surface area (Å²) >= 11 is 0. The normalized spacial score (nSPS) is 15.0. The zero-order valence-electron chi connectivity index (χ0n) is 14.3. The highest BCUT2D eigenvalue weighted by molar-refractivity contribution is 5.68. The predicted molar refractivity (Wildman–Crippen MR) is 98.7 cm³/mol. The summed E-state index contributed by atoms with van der Waals surface area (Å²) in [5, 5.41) is 3.34. The topological polar surface area (TPSA) is 15.3 Å². The van der Waals surface area contributed by atoms with Crippen molar-refractivity contribution in [2.75, 3.05) is 11.4 Å². The summed E-state index contributed by atoms with van der Waals surface area (Å²) in [6.45, 7) is 4.89. The second kappa shape index (κ2) is 8.15. The Balaban J connectivity index is 1.83. The lowest BCUT2D eigenvalue weighted by Crippen LogP contribution is -2.32. The van der Waals surface area contributed by atoms with Gasteiger partial charge in [-0.05, 0) is 43.0 Å². The van der Waals surface area contributed by atoms with E-state index in [1.54, 1.807) is 11.0 Å². The van der Waals surface area contributed by atoms with Gasteiger partial charge in [-0.15, -0.1) is 0 Å². The summed E-state index contributed by atoms with van der Waals surface area (Å²) in [5.74, 6) is -0.563. The van der Waals surface area contributed by atoms with Gasteiger partial charge >= 0.3 is 0 Å². The second-order valence-electron chi connectivity index (χ2n) is 6.58. The van der Waals surface area contributed by atoms with E-state index < -0.39 is 11.6 Å². The molecule has 0 aliphatic heterocycles. The highest BCUT2D eigenvalue weighted by Gasteiger charge is 2.20. The van der Waals surface area contributed by atoms with Gasteiger partial charge in [-0.3, -0.25) is 4.90 Å². The Morgan fingerprint density at radius 2 is 1.72 bits per heavy atom. The molecule has 0 aromatic heterocycles. The van der Waals surface area contributed by atoms with Crippen LogP contribution in [0.25, 0.3) is 0 Å². The van der Waals surface area contributed by atoms with E-state index in [4.69, 9.17) is 0 Å². The molecule has 0 unspecified atom stereocenters. The molecule has 132 valence electrons. The number of halogens is 2. The molecule has 4 heteroatoms. The van der Waals surface area contributed by atoms with Crippen molar-refractivity contribution in [3.63, 3.8) is 0 Å². The number of hydrogen-bond donors (Lipinski definition) is 1. The SMILES string of the molecule is C=C(NCC1CCCCC1)N(c1ccccc1)c1cccc(F)c1F. The molecule has 0 bridgehead atoms. The standard InChI is InChI=1S/C21H24F2N2/c1-16(24-15-17-9-4-2-5-10-17)25(18-11-6-3-7-12-18)20-14-8-13-19(22)21(20)23/h3,6-8,11-14,17,24H,1-2,4-5,9-10,15H2. The van der Waals surface area contributed by atoms with Crippen molar-refractivity contribution < 1.29 is 8.78 Å². The molecule has 2 nitrogen and oxygen atoms in total. The number of nitrogens with zero attached hydrogens (tertiary/aromatic N) is 1. The molecule has 2 aromatic carbocycles. The Morgan fingerprint density at radius 1 is 1.00 bits per heavy atom. The molecule has 0 saturated heterocycles. The minimum absolute atomic E-state index is 0.160. The van der Waals surface area contributed by atoms with Crippen LogP contribution >= 0.6 is 0 Å². The van der Waals surface area contributed by atoms with Gasteiger partial charge in [-0.25, -0.2) is 8.78 Å². The summed E-state index contributed by atoms with van der Waals surface area (Å²) in [7, 11) is 0. The van der Waals surface area contributed by atoms with Gasteiger partial charge in [0.15, 0.2) is 11.6 Å². The minimum Gasteiger partial charge on any atom is -0.371 e. The lowest BCUT2D eigenvalue weighted by molar-refractivity contribution is 0.350. The van der Waals surface area contributed by atoms with E-state index in [2.05, 4.69) is 11.9 Å². The van der Waals surface area contributed by atoms with Crippen LogP contribution in [0.3, 0.4) is 0 Å². The van der Waals surface area contributed by atoms with E-state index in [1.807, 2.05) is 30.3 Å². The molecule has 1 fully saturated rings. The van der Waals surface area contributed by atoms with Crippen molar-refractivity contribution in [3.8, 4) is 0 Å². The molecule has 0 spiro atoms. The average molecular weight is 342 g/mol. The molecule has 25 heavy (non-hydrogen) atoms. The van der Waals surface area contributed by atoms with E-state index in [9.17, 15) is 8.78 Å². The third kappa shape index (κ3) is 4.19. The van der Waals surface area contributed by atoms with Crippen molar-refractivity contribution in [3.05, 3.63) is 72.6 Å². The molecular formula is C21H24F2N2. The molecule has 1 aliphatic rings. The maximum Gasteiger partial charge on any atom is 0.182 e. The van der Waals surface area contributed by atoms with E-state index in [0.717, 1.165) is 18.3 Å². The van der Waals surface area contributed by atoms with E-state index in [0.29, 0.717) is 11.7 Å². The maximum absolute atomic E-state index is 14.4. The Labute approximate surface area is 148 Å². The van der Waals surface area contributed by atoms with Crippen LogP contribution in [-0.4, -0.2) is 6.54 Å². The summed E-state index contributed by atoms with van der Waals surface area (Å²) in [4.78, 5) is 1.64. The van der Waals surface area contributed by atoms with Crippen molar-refractivity contribution in [2.45, 2.75) is 32.1 Å². The highest BCUT2D eigenvalue weighted by atomic mass is 19.2. The van der Waals surface area contributed by atoms with Crippen LogP contribution < -0.4 is 10.2 Å². The fourth-order valence-corrected chi connectivity index (χ4v) is 3.41. The molecular weight excluding hydrogens is 318 g/mol. The first-order chi connectivity index (χ1) is 12.2. The first-order valence-electron chi connectivity index (χ1n) is 8.89. The van der Waals surface area contributed by atoms with Gasteiger partial charge < -0.3 is 5.32 Å². The zero-order chi connectivity index (χ0) is 17.6. The monoisotopic (exact) mass is 342 g/mol. The number of nitrogens with one attached hydrogen (secondary N) is 1. The molecule has 2 aromatic rings. The number of para-hydroxylation sites is 1. The summed E-state index contributed by atoms with van der Waals surface area (Å²) in [6.07, 6.45) is 6.25. The van der Waals surface area contributed by atoms with Crippen LogP contribution in [0.15, 0.2) is 60.9 Å². The van der Waals surface area contributed by atoms with Crippen LogP contribution in [0.2, 0.25) is 0 Å². The molecule has 3 rings (SSSR count). The molecule has 1 N–H and O–H groups in total. The van der Waals surface area contributed by atoms with Gasteiger partial charge in [0.25, 0.3) is 0 Å². The van der Waals surface area contributed by atoms with Gasteiger partial charge in [0.1, 0.15) is 5.82 Å². The number of anilines is 2. The Bertz CT molecular complexity index is 709.